The van der Waals surface area contributed by atoms with Crippen molar-refractivity contribution in [3.63, 3.8) is 0 Å². The molecule has 1 fully saturated rings. The van der Waals surface area contributed by atoms with E-state index >= 15 is 0 Å². The van der Waals surface area contributed by atoms with Crippen molar-refractivity contribution in [2.24, 2.45) is 5.73 Å². The number of furan rings is 1. The summed E-state index contributed by atoms with van der Waals surface area (Å²) in [7, 11) is 0. The van der Waals surface area contributed by atoms with E-state index in [1.165, 1.54) is 12.8 Å². The van der Waals surface area contributed by atoms with Crippen LogP contribution in [0.3, 0.4) is 0 Å². The SMILES string of the molecule is NCc1ccco1.OC1CCCC1. The predicted octanol–water partition coefficient (Wildman–Crippen LogP) is 1.66. The van der Waals surface area contributed by atoms with Gasteiger partial charge in [0.25, 0.3) is 0 Å². The summed E-state index contributed by atoms with van der Waals surface area (Å²) < 4.78 is 4.86. The van der Waals surface area contributed by atoms with Crippen LogP contribution in [0.1, 0.15) is 31.4 Å². The third kappa shape index (κ3) is 4.10. The first-order valence-electron chi connectivity index (χ1n) is 4.73. The van der Waals surface area contributed by atoms with Gasteiger partial charge in [-0.1, -0.05) is 12.8 Å². The second-order valence-electron chi connectivity index (χ2n) is 3.22. The largest absolute Gasteiger partial charge is 0.468 e. The van der Waals surface area contributed by atoms with Gasteiger partial charge in [0.2, 0.25) is 0 Å². The molecule has 0 radical (unpaired) electrons. The Bertz CT molecular complexity index is 203. The standard InChI is InChI=1S/C5H7NO.C5H10O/c6-4-5-2-1-3-7-5;6-5-3-1-2-4-5/h1-3H,4,6H2;5-6H,1-4H2. The highest BCUT2D eigenvalue weighted by Gasteiger charge is 2.09. The fourth-order valence-electron chi connectivity index (χ4n) is 1.33. The topological polar surface area (TPSA) is 59.4 Å². The normalized spacial score (nSPS) is 16.8. The zero-order chi connectivity index (χ0) is 9.52. The second kappa shape index (κ2) is 5.78. The summed E-state index contributed by atoms with van der Waals surface area (Å²) in [5, 5.41) is 8.73. The van der Waals surface area contributed by atoms with Crippen molar-refractivity contribution in [2.45, 2.75) is 38.3 Å². The van der Waals surface area contributed by atoms with E-state index in [2.05, 4.69) is 0 Å². The van der Waals surface area contributed by atoms with Crippen LogP contribution in [0.4, 0.5) is 0 Å². The first-order chi connectivity index (χ1) is 6.33. The van der Waals surface area contributed by atoms with Crippen molar-refractivity contribution in [1.29, 1.82) is 0 Å². The maximum Gasteiger partial charge on any atom is 0.117 e. The third-order valence-corrected chi connectivity index (χ3v) is 2.11. The first kappa shape index (κ1) is 10.3. The lowest BCUT2D eigenvalue weighted by molar-refractivity contribution is 0.183. The lowest BCUT2D eigenvalue weighted by Gasteiger charge is -1.91. The van der Waals surface area contributed by atoms with Crippen molar-refractivity contribution in [2.75, 3.05) is 0 Å². The van der Waals surface area contributed by atoms with Gasteiger partial charge in [0, 0.05) is 0 Å². The first-order valence-corrected chi connectivity index (χ1v) is 4.73. The Balaban J connectivity index is 0.000000132. The molecule has 1 saturated carbocycles. The van der Waals surface area contributed by atoms with E-state index in [1.807, 2.05) is 12.1 Å². The average Bonchev–Trinajstić information content (AvgIpc) is 2.76. The minimum Gasteiger partial charge on any atom is -0.468 e. The minimum atomic E-state index is 0.0463. The molecular weight excluding hydrogens is 166 g/mol. The summed E-state index contributed by atoms with van der Waals surface area (Å²) >= 11 is 0. The van der Waals surface area contributed by atoms with E-state index in [0.717, 1.165) is 18.6 Å². The molecule has 0 bridgehead atoms. The minimum absolute atomic E-state index is 0.0463. The Morgan fingerprint density at radius 2 is 2.15 bits per heavy atom. The highest BCUT2D eigenvalue weighted by molar-refractivity contribution is 4.96. The summed E-state index contributed by atoms with van der Waals surface area (Å²) in [6.45, 7) is 0.493. The molecule has 0 aromatic carbocycles. The zero-order valence-corrected chi connectivity index (χ0v) is 7.78. The maximum absolute atomic E-state index is 8.73. The Morgan fingerprint density at radius 3 is 2.38 bits per heavy atom. The fraction of sp³-hybridized carbons (Fsp3) is 0.600. The summed E-state index contributed by atoms with van der Waals surface area (Å²) in [6.07, 6.45) is 6.22. The van der Waals surface area contributed by atoms with Crippen molar-refractivity contribution in [3.8, 4) is 0 Å². The highest BCUT2D eigenvalue weighted by Crippen LogP contribution is 2.16. The van der Waals surface area contributed by atoms with Crippen molar-refractivity contribution >= 4 is 0 Å². The van der Waals surface area contributed by atoms with Gasteiger partial charge in [-0.2, -0.15) is 0 Å². The number of nitrogens with two attached hydrogens (primary N) is 1. The van der Waals surface area contributed by atoms with Crippen LogP contribution in [0.5, 0.6) is 0 Å². The van der Waals surface area contributed by atoms with Crippen LogP contribution < -0.4 is 5.73 Å². The molecule has 2 rings (SSSR count). The molecule has 1 aromatic heterocycles. The van der Waals surface area contributed by atoms with Gasteiger partial charge in [-0.05, 0) is 25.0 Å². The number of hydrogen-bond donors (Lipinski definition) is 2. The number of aliphatic hydroxyl groups is 1. The van der Waals surface area contributed by atoms with Gasteiger partial charge in [0.15, 0.2) is 0 Å². The molecule has 3 N–H and O–H groups in total. The Kier molecular flexibility index (Phi) is 4.57. The molecule has 0 aliphatic heterocycles. The Morgan fingerprint density at radius 1 is 1.46 bits per heavy atom. The molecule has 74 valence electrons. The third-order valence-electron chi connectivity index (χ3n) is 2.11. The Hall–Kier alpha value is -0.800. The van der Waals surface area contributed by atoms with Crippen LogP contribution in [0.2, 0.25) is 0 Å². The van der Waals surface area contributed by atoms with Gasteiger partial charge < -0.3 is 15.3 Å². The van der Waals surface area contributed by atoms with Gasteiger partial charge in [-0.25, -0.2) is 0 Å². The molecule has 0 unspecified atom stereocenters. The van der Waals surface area contributed by atoms with Gasteiger partial charge in [-0.3, -0.25) is 0 Å². The number of rotatable bonds is 1. The summed E-state index contributed by atoms with van der Waals surface area (Å²) in [5.41, 5.74) is 5.20. The number of aliphatic hydroxyl groups excluding tert-OH is 1. The molecule has 1 heterocycles. The summed E-state index contributed by atoms with van der Waals surface area (Å²) in [5.74, 6) is 0.833. The molecule has 3 nitrogen and oxygen atoms in total. The number of hydrogen-bond acceptors (Lipinski definition) is 3. The van der Waals surface area contributed by atoms with Gasteiger partial charge in [0.1, 0.15) is 5.76 Å². The lowest BCUT2D eigenvalue weighted by Crippen LogP contribution is -1.94. The van der Waals surface area contributed by atoms with Crippen LogP contribution >= 0.6 is 0 Å². The molecule has 1 aliphatic rings. The monoisotopic (exact) mass is 183 g/mol. The highest BCUT2D eigenvalue weighted by atomic mass is 16.3. The second-order valence-corrected chi connectivity index (χ2v) is 3.22. The average molecular weight is 183 g/mol. The van der Waals surface area contributed by atoms with E-state index in [-0.39, 0.29) is 6.10 Å². The van der Waals surface area contributed by atoms with E-state index in [4.69, 9.17) is 15.3 Å². The molecule has 0 atom stereocenters. The van der Waals surface area contributed by atoms with Crippen LogP contribution in [0.25, 0.3) is 0 Å². The van der Waals surface area contributed by atoms with Crippen LogP contribution in [-0.2, 0) is 6.54 Å². The maximum atomic E-state index is 8.73. The lowest BCUT2D eigenvalue weighted by atomic mass is 10.3. The molecule has 0 amide bonds. The molecule has 1 aromatic rings. The van der Waals surface area contributed by atoms with Crippen molar-refractivity contribution in [1.82, 2.24) is 0 Å². The molecule has 1 aliphatic carbocycles. The van der Waals surface area contributed by atoms with Crippen LogP contribution in [0.15, 0.2) is 22.8 Å². The van der Waals surface area contributed by atoms with Gasteiger partial charge in [0.05, 0.1) is 18.9 Å². The molecular formula is C10H17NO2. The fourth-order valence-corrected chi connectivity index (χ4v) is 1.33. The van der Waals surface area contributed by atoms with Gasteiger partial charge in [-0.15, -0.1) is 0 Å². The van der Waals surface area contributed by atoms with Gasteiger partial charge >= 0.3 is 0 Å². The van der Waals surface area contributed by atoms with E-state index in [9.17, 15) is 0 Å². The van der Waals surface area contributed by atoms with Crippen LogP contribution in [-0.4, -0.2) is 11.2 Å². The van der Waals surface area contributed by atoms with Crippen molar-refractivity contribution < 1.29 is 9.52 Å². The van der Waals surface area contributed by atoms with E-state index in [0.29, 0.717) is 6.54 Å². The van der Waals surface area contributed by atoms with E-state index < -0.39 is 0 Å². The quantitative estimate of drug-likeness (QED) is 0.696. The summed E-state index contributed by atoms with van der Waals surface area (Å²) in [4.78, 5) is 0. The smallest absolute Gasteiger partial charge is 0.117 e. The van der Waals surface area contributed by atoms with Crippen LogP contribution in [0, 0.1) is 0 Å². The van der Waals surface area contributed by atoms with Crippen molar-refractivity contribution in [3.05, 3.63) is 24.2 Å². The molecule has 0 saturated heterocycles. The molecule has 3 heteroatoms. The Labute approximate surface area is 78.5 Å². The zero-order valence-electron chi connectivity index (χ0n) is 7.78. The molecule has 13 heavy (non-hydrogen) atoms. The van der Waals surface area contributed by atoms with E-state index in [1.54, 1.807) is 6.26 Å². The predicted molar refractivity (Wildman–Crippen MR) is 51.1 cm³/mol. The molecule has 0 spiro atoms. The summed E-state index contributed by atoms with van der Waals surface area (Å²) in [6, 6.07) is 3.67.